The summed E-state index contributed by atoms with van der Waals surface area (Å²) >= 11 is 0. The van der Waals surface area contributed by atoms with E-state index in [2.05, 4.69) is 5.10 Å². The summed E-state index contributed by atoms with van der Waals surface area (Å²) < 4.78 is 6.92. The van der Waals surface area contributed by atoms with Gasteiger partial charge in [0.25, 0.3) is 5.91 Å². The van der Waals surface area contributed by atoms with Crippen molar-refractivity contribution < 1.29 is 14.3 Å². The maximum absolute atomic E-state index is 12.7. The van der Waals surface area contributed by atoms with Gasteiger partial charge in [0.15, 0.2) is 5.69 Å². The maximum atomic E-state index is 12.7. The van der Waals surface area contributed by atoms with Crippen LogP contribution in [-0.4, -0.2) is 46.3 Å². The van der Waals surface area contributed by atoms with E-state index >= 15 is 0 Å². The number of carbonyl (C=O) groups is 2. The summed E-state index contributed by atoms with van der Waals surface area (Å²) in [5, 5.41) is 4.42. The lowest BCUT2D eigenvalue weighted by Gasteiger charge is -2.30. The highest BCUT2D eigenvalue weighted by Crippen LogP contribution is 2.27. The molecule has 1 amide bonds. The monoisotopic (exact) mass is 305 g/mol. The lowest BCUT2D eigenvalue weighted by molar-refractivity contribution is -0.149. The zero-order valence-electron chi connectivity index (χ0n) is 13.3. The van der Waals surface area contributed by atoms with Gasteiger partial charge in [-0.15, -0.1) is 0 Å². The number of aromatic nitrogens is 2. The number of hydrogen-bond acceptors (Lipinski definition) is 4. The number of piperidine rings is 1. The number of fused-ring (bicyclic) bond motifs is 1. The van der Waals surface area contributed by atoms with Crippen LogP contribution < -0.4 is 0 Å². The average molecular weight is 305 g/mol. The summed E-state index contributed by atoms with van der Waals surface area (Å²) in [5.74, 6) is -0.187. The fourth-order valence-corrected chi connectivity index (χ4v) is 3.51. The molecule has 2 aliphatic rings. The molecule has 0 spiro atoms. The molecule has 6 nitrogen and oxygen atoms in total. The van der Waals surface area contributed by atoms with Crippen molar-refractivity contribution in [1.29, 1.82) is 0 Å². The molecule has 1 aromatic rings. The first kappa shape index (κ1) is 15.1. The summed E-state index contributed by atoms with van der Waals surface area (Å²) in [4.78, 5) is 26.3. The summed E-state index contributed by atoms with van der Waals surface area (Å²) in [6, 6.07) is 0. The minimum atomic E-state index is -0.131. The van der Waals surface area contributed by atoms with Crippen molar-refractivity contribution in [2.45, 2.75) is 39.0 Å². The van der Waals surface area contributed by atoms with Gasteiger partial charge in [0, 0.05) is 31.4 Å². The molecule has 22 heavy (non-hydrogen) atoms. The summed E-state index contributed by atoms with van der Waals surface area (Å²) in [6.07, 6.45) is 4.42. The van der Waals surface area contributed by atoms with Gasteiger partial charge in [-0.05, 0) is 39.0 Å². The van der Waals surface area contributed by atoms with Gasteiger partial charge in [-0.25, -0.2) is 0 Å². The van der Waals surface area contributed by atoms with Gasteiger partial charge in [-0.2, -0.15) is 5.10 Å². The van der Waals surface area contributed by atoms with Gasteiger partial charge in [-0.1, -0.05) is 0 Å². The van der Waals surface area contributed by atoms with E-state index in [-0.39, 0.29) is 17.8 Å². The van der Waals surface area contributed by atoms with Gasteiger partial charge in [0.1, 0.15) is 0 Å². The third-order valence-electron chi connectivity index (χ3n) is 4.72. The van der Waals surface area contributed by atoms with Crippen LogP contribution in [0.1, 0.15) is 47.9 Å². The van der Waals surface area contributed by atoms with E-state index in [0.717, 1.165) is 24.8 Å². The highest BCUT2D eigenvalue weighted by atomic mass is 16.5. The molecule has 0 saturated carbocycles. The Balaban J connectivity index is 1.66. The predicted octanol–water partition coefficient (Wildman–Crippen LogP) is 1.32. The minimum absolute atomic E-state index is 0.0149. The van der Waals surface area contributed by atoms with Crippen molar-refractivity contribution in [3.8, 4) is 0 Å². The quantitative estimate of drug-likeness (QED) is 0.790. The van der Waals surface area contributed by atoms with E-state index in [1.165, 1.54) is 5.69 Å². The summed E-state index contributed by atoms with van der Waals surface area (Å²) in [5.41, 5.74) is 2.94. The molecule has 1 aliphatic heterocycles. The van der Waals surface area contributed by atoms with Gasteiger partial charge in [0.2, 0.25) is 0 Å². The van der Waals surface area contributed by atoms with E-state index in [1.54, 1.807) is 0 Å². The van der Waals surface area contributed by atoms with Gasteiger partial charge >= 0.3 is 5.97 Å². The van der Waals surface area contributed by atoms with Gasteiger partial charge in [0.05, 0.1) is 12.5 Å². The molecule has 0 N–H and O–H groups in total. The molecule has 0 bridgehead atoms. The Labute approximate surface area is 130 Å². The fraction of sp³-hybridized carbons (Fsp3) is 0.688. The van der Waals surface area contributed by atoms with E-state index in [0.29, 0.717) is 38.2 Å². The predicted molar refractivity (Wildman–Crippen MR) is 80.5 cm³/mol. The second-order valence-corrected chi connectivity index (χ2v) is 6.07. The zero-order chi connectivity index (χ0) is 15.7. The van der Waals surface area contributed by atoms with Gasteiger partial charge < -0.3 is 9.64 Å². The number of aryl methyl sites for hydroxylation is 1. The number of carbonyl (C=O) groups excluding carboxylic acids is 2. The van der Waals surface area contributed by atoms with E-state index < -0.39 is 0 Å². The Morgan fingerprint density at radius 3 is 2.68 bits per heavy atom. The molecule has 1 aromatic heterocycles. The van der Waals surface area contributed by atoms with Crippen molar-refractivity contribution in [3.05, 3.63) is 17.0 Å². The molecule has 6 heteroatoms. The van der Waals surface area contributed by atoms with Crippen molar-refractivity contribution in [3.63, 3.8) is 0 Å². The molecule has 0 radical (unpaired) electrons. The van der Waals surface area contributed by atoms with E-state index in [1.807, 2.05) is 23.6 Å². The molecule has 3 rings (SSSR count). The lowest BCUT2D eigenvalue weighted by atomic mass is 9.96. The van der Waals surface area contributed by atoms with Crippen LogP contribution in [0.25, 0.3) is 0 Å². The number of likely N-dealkylation sites (tertiary alicyclic amines) is 1. The largest absolute Gasteiger partial charge is 0.466 e. The maximum Gasteiger partial charge on any atom is 0.309 e. The normalized spacial score (nSPS) is 18.4. The zero-order valence-corrected chi connectivity index (χ0v) is 13.3. The van der Waals surface area contributed by atoms with Crippen LogP contribution in [0.15, 0.2) is 0 Å². The SMILES string of the molecule is CCOC(=O)C1CCN(C(=O)c2nn(C)c3c2CCC3)CC1. The van der Waals surface area contributed by atoms with E-state index in [9.17, 15) is 9.59 Å². The van der Waals surface area contributed by atoms with E-state index in [4.69, 9.17) is 4.74 Å². The highest BCUT2D eigenvalue weighted by molar-refractivity contribution is 5.94. The van der Waals surface area contributed by atoms with Crippen LogP contribution in [0.4, 0.5) is 0 Å². The molecule has 0 atom stereocenters. The first-order valence-electron chi connectivity index (χ1n) is 8.12. The number of hydrogen-bond donors (Lipinski definition) is 0. The first-order chi connectivity index (χ1) is 10.6. The summed E-state index contributed by atoms with van der Waals surface area (Å²) in [6.45, 7) is 3.44. The smallest absolute Gasteiger partial charge is 0.309 e. The number of nitrogens with zero attached hydrogens (tertiary/aromatic N) is 3. The average Bonchev–Trinajstić information content (AvgIpc) is 3.11. The second-order valence-electron chi connectivity index (χ2n) is 6.07. The van der Waals surface area contributed by atoms with Crippen LogP contribution in [0.3, 0.4) is 0 Å². The Hall–Kier alpha value is -1.85. The molecule has 2 heterocycles. The molecule has 1 aliphatic carbocycles. The molecule has 1 saturated heterocycles. The van der Waals surface area contributed by atoms with Crippen LogP contribution in [0.2, 0.25) is 0 Å². The Morgan fingerprint density at radius 2 is 2.00 bits per heavy atom. The second kappa shape index (κ2) is 6.10. The van der Waals surface area contributed by atoms with Gasteiger partial charge in [-0.3, -0.25) is 14.3 Å². The molecule has 1 fully saturated rings. The molecular weight excluding hydrogens is 282 g/mol. The number of amides is 1. The van der Waals surface area contributed by atoms with Crippen molar-refractivity contribution in [2.75, 3.05) is 19.7 Å². The Kier molecular flexibility index (Phi) is 4.18. The third kappa shape index (κ3) is 2.62. The van der Waals surface area contributed by atoms with Crippen molar-refractivity contribution in [2.24, 2.45) is 13.0 Å². The number of esters is 1. The summed E-state index contributed by atoms with van der Waals surface area (Å²) in [7, 11) is 1.91. The highest BCUT2D eigenvalue weighted by Gasteiger charge is 2.32. The third-order valence-corrected chi connectivity index (χ3v) is 4.72. The van der Waals surface area contributed by atoms with Crippen LogP contribution in [-0.2, 0) is 29.4 Å². The minimum Gasteiger partial charge on any atom is -0.466 e. The lowest BCUT2D eigenvalue weighted by Crippen LogP contribution is -2.41. The molecule has 0 aromatic carbocycles. The fourth-order valence-electron chi connectivity index (χ4n) is 3.51. The molecular formula is C16H23N3O3. The number of ether oxygens (including phenoxy) is 1. The molecule has 120 valence electrons. The standard InChI is InChI=1S/C16H23N3O3/c1-3-22-16(21)11-7-9-19(10-8-11)15(20)14-12-5-4-6-13(12)18(2)17-14/h11H,3-10H2,1-2H3. The Morgan fingerprint density at radius 1 is 1.27 bits per heavy atom. The van der Waals surface area contributed by atoms with Crippen molar-refractivity contribution in [1.82, 2.24) is 14.7 Å². The number of rotatable bonds is 3. The van der Waals surface area contributed by atoms with Crippen LogP contribution in [0, 0.1) is 5.92 Å². The Bertz CT molecular complexity index is 586. The topological polar surface area (TPSA) is 64.4 Å². The first-order valence-corrected chi connectivity index (χ1v) is 8.12. The van der Waals surface area contributed by atoms with Crippen LogP contribution in [0.5, 0.6) is 0 Å². The van der Waals surface area contributed by atoms with Crippen molar-refractivity contribution >= 4 is 11.9 Å². The molecule has 0 unspecified atom stereocenters. The van der Waals surface area contributed by atoms with Crippen LogP contribution >= 0.6 is 0 Å².